The van der Waals surface area contributed by atoms with Gasteiger partial charge in [0.05, 0.1) is 0 Å². The van der Waals surface area contributed by atoms with E-state index in [2.05, 4.69) is 17.9 Å². The molecule has 1 N–H and O–H groups in total. The van der Waals surface area contributed by atoms with Crippen molar-refractivity contribution < 1.29 is 5.11 Å². The van der Waals surface area contributed by atoms with Crippen molar-refractivity contribution in [2.24, 2.45) is 5.92 Å². The first-order valence-corrected chi connectivity index (χ1v) is 6.83. The summed E-state index contributed by atoms with van der Waals surface area (Å²) in [4.78, 5) is 2.63. The van der Waals surface area contributed by atoms with Crippen molar-refractivity contribution >= 4 is 0 Å². The second-order valence-electron chi connectivity index (χ2n) is 5.48. The molecule has 1 aliphatic heterocycles. The maximum absolute atomic E-state index is 9.97. The number of phenolic OH excluding ortho intramolecular Hbond substituents is 1. The summed E-state index contributed by atoms with van der Waals surface area (Å²) in [6.07, 6.45) is 4.78. The van der Waals surface area contributed by atoms with E-state index < -0.39 is 0 Å². The molecule has 0 spiro atoms. The Morgan fingerprint density at radius 2 is 2.24 bits per heavy atom. The second kappa shape index (κ2) is 4.34. The Morgan fingerprint density at radius 3 is 3.06 bits per heavy atom. The Bertz CT molecular complexity index is 415. The van der Waals surface area contributed by atoms with E-state index in [4.69, 9.17) is 0 Å². The standard InChI is InChI=1S/C15H21NO/c1-2-7-16-8-6-12-9-11-4-3-5-15(17)13(11)10-14(12)16/h3-5,12,14,17H,2,6-10H2,1H3. The van der Waals surface area contributed by atoms with Crippen LogP contribution in [0.1, 0.15) is 30.9 Å². The van der Waals surface area contributed by atoms with Crippen LogP contribution in [0.3, 0.4) is 0 Å². The van der Waals surface area contributed by atoms with Gasteiger partial charge in [-0.15, -0.1) is 0 Å². The van der Waals surface area contributed by atoms with Crippen molar-refractivity contribution in [2.75, 3.05) is 13.1 Å². The highest BCUT2D eigenvalue weighted by Crippen LogP contribution is 2.38. The topological polar surface area (TPSA) is 23.5 Å². The molecule has 0 amide bonds. The van der Waals surface area contributed by atoms with Gasteiger partial charge in [-0.05, 0) is 61.9 Å². The fraction of sp³-hybridized carbons (Fsp3) is 0.600. The Kier molecular flexibility index (Phi) is 2.83. The summed E-state index contributed by atoms with van der Waals surface area (Å²) in [6, 6.07) is 6.68. The lowest BCUT2D eigenvalue weighted by atomic mass is 9.80. The second-order valence-corrected chi connectivity index (χ2v) is 5.48. The molecular weight excluding hydrogens is 210 g/mol. The molecule has 1 saturated heterocycles. The molecule has 17 heavy (non-hydrogen) atoms. The van der Waals surface area contributed by atoms with Crippen molar-refractivity contribution in [3.8, 4) is 5.75 Å². The third-order valence-corrected chi connectivity index (χ3v) is 4.45. The van der Waals surface area contributed by atoms with E-state index in [1.54, 1.807) is 0 Å². The zero-order valence-corrected chi connectivity index (χ0v) is 10.5. The van der Waals surface area contributed by atoms with Crippen molar-refractivity contribution in [3.63, 3.8) is 0 Å². The van der Waals surface area contributed by atoms with Crippen LogP contribution in [0.2, 0.25) is 0 Å². The molecule has 0 radical (unpaired) electrons. The van der Waals surface area contributed by atoms with E-state index in [0.29, 0.717) is 11.8 Å². The Labute approximate surface area is 103 Å². The molecule has 92 valence electrons. The maximum atomic E-state index is 9.97. The van der Waals surface area contributed by atoms with Gasteiger partial charge in [-0.3, -0.25) is 4.90 Å². The van der Waals surface area contributed by atoms with Crippen LogP contribution in [0.5, 0.6) is 5.75 Å². The quantitative estimate of drug-likeness (QED) is 0.845. The minimum absolute atomic E-state index is 0.504. The summed E-state index contributed by atoms with van der Waals surface area (Å²) in [6.45, 7) is 4.71. The van der Waals surface area contributed by atoms with Crippen LogP contribution in [-0.2, 0) is 12.8 Å². The smallest absolute Gasteiger partial charge is 0.119 e. The monoisotopic (exact) mass is 231 g/mol. The first-order valence-electron chi connectivity index (χ1n) is 6.83. The minimum Gasteiger partial charge on any atom is -0.508 e. The molecule has 1 aromatic rings. The van der Waals surface area contributed by atoms with Gasteiger partial charge in [-0.25, -0.2) is 0 Å². The van der Waals surface area contributed by atoms with Crippen molar-refractivity contribution in [3.05, 3.63) is 29.3 Å². The van der Waals surface area contributed by atoms with Gasteiger partial charge in [0.1, 0.15) is 5.75 Å². The zero-order chi connectivity index (χ0) is 11.8. The van der Waals surface area contributed by atoms with Gasteiger partial charge in [-0.1, -0.05) is 19.1 Å². The average Bonchev–Trinajstić information content (AvgIpc) is 2.71. The van der Waals surface area contributed by atoms with Crippen molar-refractivity contribution in [2.45, 2.75) is 38.6 Å². The first-order chi connectivity index (χ1) is 8.29. The molecule has 2 nitrogen and oxygen atoms in total. The van der Waals surface area contributed by atoms with Crippen molar-refractivity contribution in [1.82, 2.24) is 4.90 Å². The predicted molar refractivity (Wildman–Crippen MR) is 69.3 cm³/mol. The predicted octanol–water partition coefficient (Wildman–Crippen LogP) is 2.59. The summed E-state index contributed by atoms with van der Waals surface area (Å²) < 4.78 is 0. The van der Waals surface area contributed by atoms with Gasteiger partial charge < -0.3 is 5.11 Å². The SMILES string of the molecule is CCCN1CCC2Cc3cccc(O)c3CC21. The number of aromatic hydroxyl groups is 1. The van der Waals surface area contributed by atoms with Crippen LogP contribution in [0.25, 0.3) is 0 Å². The number of benzene rings is 1. The molecule has 1 heterocycles. The van der Waals surface area contributed by atoms with E-state index >= 15 is 0 Å². The Balaban J connectivity index is 1.88. The van der Waals surface area contributed by atoms with E-state index in [-0.39, 0.29) is 0 Å². The number of likely N-dealkylation sites (tertiary alicyclic amines) is 1. The molecule has 2 aliphatic rings. The molecule has 2 heteroatoms. The molecule has 1 aliphatic carbocycles. The van der Waals surface area contributed by atoms with Crippen LogP contribution in [0, 0.1) is 5.92 Å². The number of fused-ring (bicyclic) bond motifs is 2. The Morgan fingerprint density at radius 1 is 1.35 bits per heavy atom. The lowest BCUT2D eigenvalue weighted by Crippen LogP contribution is -2.38. The largest absolute Gasteiger partial charge is 0.508 e. The molecular formula is C15H21NO. The van der Waals surface area contributed by atoms with Gasteiger partial charge in [0.15, 0.2) is 0 Å². The fourth-order valence-corrected chi connectivity index (χ4v) is 3.63. The highest BCUT2D eigenvalue weighted by atomic mass is 16.3. The minimum atomic E-state index is 0.504. The molecule has 1 aromatic carbocycles. The summed E-state index contributed by atoms with van der Waals surface area (Å²) >= 11 is 0. The number of nitrogens with zero attached hydrogens (tertiary/aromatic N) is 1. The van der Waals surface area contributed by atoms with Crippen LogP contribution in [0.4, 0.5) is 0 Å². The molecule has 0 aromatic heterocycles. The molecule has 1 fully saturated rings. The van der Waals surface area contributed by atoms with Crippen LogP contribution in [0.15, 0.2) is 18.2 Å². The van der Waals surface area contributed by atoms with Gasteiger partial charge in [0.2, 0.25) is 0 Å². The lowest BCUT2D eigenvalue weighted by Gasteiger charge is -2.33. The summed E-state index contributed by atoms with van der Waals surface area (Å²) in [5.41, 5.74) is 2.58. The highest BCUT2D eigenvalue weighted by molar-refractivity contribution is 5.42. The van der Waals surface area contributed by atoms with E-state index in [1.807, 2.05) is 12.1 Å². The summed E-state index contributed by atoms with van der Waals surface area (Å²) in [7, 11) is 0. The number of rotatable bonds is 2. The van der Waals surface area contributed by atoms with Crippen LogP contribution in [-0.4, -0.2) is 29.1 Å². The van der Waals surface area contributed by atoms with Gasteiger partial charge in [-0.2, -0.15) is 0 Å². The van der Waals surface area contributed by atoms with E-state index in [9.17, 15) is 5.11 Å². The Hall–Kier alpha value is -1.02. The molecule has 0 saturated carbocycles. The van der Waals surface area contributed by atoms with Crippen molar-refractivity contribution in [1.29, 1.82) is 0 Å². The number of hydrogen-bond acceptors (Lipinski definition) is 2. The molecule has 3 rings (SSSR count). The lowest BCUT2D eigenvalue weighted by molar-refractivity contribution is 0.214. The van der Waals surface area contributed by atoms with Gasteiger partial charge >= 0.3 is 0 Å². The third kappa shape index (κ3) is 1.85. The van der Waals surface area contributed by atoms with Crippen LogP contribution < -0.4 is 0 Å². The molecule has 2 atom stereocenters. The number of phenols is 1. The van der Waals surface area contributed by atoms with E-state index in [1.165, 1.54) is 37.1 Å². The van der Waals surface area contributed by atoms with Crippen LogP contribution >= 0.6 is 0 Å². The zero-order valence-electron chi connectivity index (χ0n) is 10.5. The van der Waals surface area contributed by atoms with Gasteiger partial charge in [0, 0.05) is 6.04 Å². The molecule has 2 unspecified atom stereocenters. The third-order valence-electron chi connectivity index (χ3n) is 4.45. The average molecular weight is 231 g/mol. The first kappa shape index (κ1) is 11.1. The summed E-state index contributed by atoms with van der Waals surface area (Å²) in [5, 5.41) is 9.97. The number of hydrogen-bond donors (Lipinski definition) is 1. The maximum Gasteiger partial charge on any atom is 0.119 e. The normalized spacial score (nSPS) is 27.8. The van der Waals surface area contributed by atoms with Gasteiger partial charge in [0.25, 0.3) is 0 Å². The molecule has 0 bridgehead atoms. The highest BCUT2D eigenvalue weighted by Gasteiger charge is 2.37. The van der Waals surface area contributed by atoms with E-state index in [0.717, 1.165) is 18.8 Å². The summed E-state index contributed by atoms with van der Waals surface area (Å²) in [5.74, 6) is 1.32. The fourth-order valence-electron chi connectivity index (χ4n) is 3.63.